The highest BCUT2D eigenvalue weighted by Crippen LogP contribution is 2.33. The van der Waals surface area contributed by atoms with E-state index in [0.717, 1.165) is 13.0 Å². The Hall–Kier alpha value is -0.0800. The number of rotatable bonds is 3. The number of hydrogen-bond donors (Lipinski definition) is 2. The van der Waals surface area contributed by atoms with Gasteiger partial charge in [-0.05, 0) is 31.2 Å². The van der Waals surface area contributed by atoms with Gasteiger partial charge in [0.2, 0.25) is 0 Å². The first-order valence-electron chi connectivity index (χ1n) is 5.45. The highest BCUT2D eigenvalue weighted by molar-refractivity contribution is 4.98. The van der Waals surface area contributed by atoms with Crippen LogP contribution in [0.4, 0.5) is 0 Å². The van der Waals surface area contributed by atoms with Crippen molar-refractivity contribution in [2.75, 3.05) is 6.54 Å². The fourth-order valence-electron chi connectivity index (χ4n) is 2.55. The molecule has 0 amide bonds. The average molecular weight is 185 g/mol. The first-order valence-corrected chi connectivity index (χ1v) is 5.45. The molecule has 1 saturated heterocycles. The van der Waals surface area contributed by atoms with Crippen molar-refractivity contribution in [3.8, 4) is 0 Å². The zero-order chi connectivity index (χ0) is 10.1. The van der Waals surface area contributed by atoms with E-state index in [1.54, 1.807) is 0 Å². The van der Waals surface area contributed by atoms with Gasteiger partial charge in [0.25, 0.3) is 0 Å². The van der Waals surface area contributed by atoms with Gasteiger partial charge in [-0.2, -0.15) is 0 Å². The lowest BCUT2D eigenvalue weighted by Gasteiger charge is -2.41. The smallest absolute Gasteiger partial charge is 0.0845 e. The van der Waals surface area contributed by atoms with E-state index in [9.17, 15) is 5.11 Å². The molecule has 0 unspecified atom stereocenters. The van der Waals surface area contributed by atoms with Crippen LogP contribution in [0.15, 0.2) is 0 Å². The Bertz CT molecular complexity index is 151. The van der Waals surface area contributed by atoms with Crippen molar-refractivity contribution in [1.82, 2.24) is 5.32 Å². The molecular formula is C11H23NO. The third kappa shape index (κ3) is 1.89. The van der Waals surface area contributed by atoms with Crippen LogP contribution in [0.5, 0.6) is 0 Å². The Labute approximate surface area is 81.7 Å². The van der Waals surface area contributed by atoms with E-state index in [-0.39, 0.29) is 0 Å². The first kappa shape index (κ1) is 11.0. The predicted octanol–water partition coefficient (Wildman–Crippen LogP) is 1.78. The summed E-state index contributed by atoms with van der Waals surface area (Å²) in [6.45, 7) is 9.51. The largest absolute Gasteiger partial charge is 0.388 e. The molecule has 13 heavy (non-hydrogen) atoms. The van der Waals surface area contributed by atoms with Crippen LogP contribution >= 0.6 is 0 Å². The molecule has 1 fully saturated rings. The molecule has 0 bridgehead atoms. The van der Waals surface area contributed by atoms with Gasteiger partial charge in [0.15, 0.2) is 0 Å². The van der Waals surface area contributed by atoms with E-state index in [1.807, 2.05) is 0 Å². The molecule has 0 spiro atoms. The molecule has 1 rings (SSSR count). The molecule has 0 saturated carbocycles. The van der Waals surface area contributed by atoms with Crippen molar-refractivity contribution in [1.29, 1.82) is 0 Å². The molecule has 1 aliphatic heterocycles. The first-order chi connectivity index (χ1) is 5.99. The standard InChI is InChI=1S/C11H23NO/c1-8(2)11(13,9(3)4)10-6-5-7-12-10/h8-10,12-13H,5-7H2,1-4H3/t10-/m0/s1. The van der Waals surface area contributed by atoms with Crippen LogP contribution in [-0.4, -0.2) is 23.3 Å². The summed E-state index contributed by atoms with van der Waals surface area (Å²) in [6, 6.07) is 0.299. The van der Waals surface area contributed by atoms with Crippen molar-refractivity contribution < 1.29 is 5.11 Å². The van der Waals surface area contributed by atoms with Gasteiger partial charge in [0, 0.05) is 6.04 Å². The topological polar surface area (TPSA) is 32.3 Å². The van der Waals surface area contributed by atoms with Crippen molar-refractivity contribution in [2.24, 2.45) is 11.8 Å². The zero-order valence-corrected chi connectivity index (χ0v) is 9.30. The molecule has 0 radical (unpaired) electrons. The molecule has 2 nitrogen and oxygen atoms in total. The van der Waals surface area contributed by atoms with E-state index in [2.05, 4.69) is 33.0 Å². The highest BCUT2D eigenvalue weighted by Gasteiger charge is 2.43. The third-order valence-corrected chi connectivity index (χ3v) is 3.47. The zero-order valence-electron chi connectivity index (χ0n) is 9.30. The second-order valence-electron chi connectivity index (χ2n) is 4.85. The minimum atomic E-state index is -0.531. The molecule has 2 heteroatoms. The second kappa shape index (κ2) is 3.97. The van der Waals surface area contributed by atoms with E-state index in [0.29, 0.717) is 17.9 Å². The van der Waals surface area contributed by atoms with Gasteiger partial charge < -0.3 is 10.4 Å². The average Bonchev–Trinajstić information content (AvgIpc) is 2.54. The molecule has 1 heterocycles. The molecular weight excluding hydrogens is 162 g/mol. The molecule has 0 aromatic rings. The van der Waals surface area contributed by atoms with Gasteiger partial charge in [0.1, 0.15) is 0 Å². The fraction of sp³-hybridized carbons (Fsp3) is 1.00. The number of nitrogens with one attached hydrogen (secondary N) is 1. The molecule has 1 aliphatic rings. The van der Waals surface area contributed by atoms with Crippen LogP contribution in [0.3, 0.4) is 0 Å². The van der Waals surface area contributed by atoms with Gasteiger partial charge in [-0.3, -0.25) is 0 Å². The lowest BCUT2D eigenvalue weighted by Crippen LogP contribution is -2.55. The van der Waals surface area contributed by atoms with E-state index < -0.39 is 5.60 Å². The minimum absolute atomic E-state index is 0.299. The van der Waals surface area contributed by atoms with Crippen LogP contribution < -0.4 is 5.32 Å². The molecule has 1 atom stereocenters. The fourth-order valence-corrected chi connectivity index (χ4v) is 2.55. The SMILES string of the molecule is CC(C)C(O)(C(C)C)[C@@H]1CCCN1. The Morgan fingerprint density at radius 1 is 1.23 bits per heavy atom. The molecule has 0 aromatic carbocycles. The van der Waals surface area contributed by atoms with E-state index in [1.165, 1.54) is 6.42 Å². The minimum Gasteiger partial charge on any atom is -0.388 e. The van der Waals surface area contributed by atoms with Crippen LogP contribution in [0, 0.1) is 11.8 Å². The number of hydrogen-bond acceptors (Lipinski definition) is 2. The van der Waals surface area contributed by atoms with Crippen molar-refractivity contribution in [3.05, 3.63) is 0 Å². The summed E-state index contributed by atoms with van der Waals surface area (Å²) in [4.78, 5) is 0. The van der Waals surface area contributed by atoms with Crippen LogP contribution in [0.1, 0.15) is 40.5 Å². The Morgan fingerprint density at radius 2 is 1.77 bits per heavy atom. The van der Waals surface area contributed by atoms with E-state index >= 15 is 0 Å². The highest BCUT2D eigenvalue weighted by atomic mass is 16.3. The third-order valence-electron chi connectivity index (χ3n) is 3.47. The Balaban J connectivity index is 2.76. The summed E-state index contributed by atoms with van der Waals surface area (Å²) in [7, 11) is 0. The van der Waals surface area contributed by atoms with Crippen LogP contribution in [0.2, 0.25) is 0 Å². The van der Waals surface area contributed by atoms with Crippen molar-refractivity contribution in [3.63, 3.8) is 0 Å². The monoisotopic (exact) mass is 185 g/mol. The van der Waals surface area contributed by atoms with Gasteiger partial charge in [-0.25, -0.2) is 0 Å². The normalized spacial score (nSPS) is 24.7. The maximum atomic E-state index is 10.6. The Kier molecular flexibility index (Phi) is 3.36. The summed E-state index contributed by atoms with van der Waals surface area (Å²) in [5.41, 5.74) is -0.531. The summed E-state index contributed by atoms with van der Waals surface area (Å²) in [5.74, 6) is 0.645. The van der Waals surface area contributed by atoms with Crippen LogP contribution in [0.25, 0.3) is 0 Å². The quantitative estimate of drug-likeness (QED) is 0.702. The molecule has 0 aromatic heterocycles. The maximum Gasteiger partial charge on any atom is 0.0845 e. The van der Waals surface area contributed by atoms with Gasteiger partial charge in [-0.15, -0.1) is 0 Å². The van der Waals surface area contributed by atoms with Crippen molar-refractivity contribution in [2.45, 2.75) is 52.2 Å². The maximum absolute atomic E-state index is 10.6. The van der Waals surface area contributed by atoms with Gasteiger partial charge in [0.05, 0.1) is 5.60 Å². The lowest BCUT2D eigenvalue weighted by molar-refractivity contribution is -0.0729. The summed E-state index contributed by atoms with van der Waals surface area (Å²) in [5, 5.41) is 14.0. The second-order valence-corrected chi connectivity index (χ2v) is 4.85. The lowest BCUT2D eigenvalue weighted by atomic mass is 9.74. The van der Waals surface area contributed by atoms with Crippen molar-refractivity contribution >= 4 is 0 Å². The van der Waals surface area contributed by atoms with Gasteiger partial charge in [-0.1, -0.05) is 27.7 Å². The van der Waals surface area contributed by atoms with Crippen LogP contribution in [-0.2, 0) is 0 Å². The summed E-state index contributed by atoms with van der Waals surface area (Å²) < 4.78 is 0. The molecule has 2 N–H and O–H groups in total. The summed E-state index contributed by atoms with van der Waals surface area (Å²) in [6.07, 6.45) is 2.32. The summed E-state index contributed by atoms with van der Waals surface area (Å²) >= 11 is 0. The molecule has 0 aliphatic carbocycles. The predicted molar refractivity (Wildman–Crippen MR) is 55.7 cm³/mol. The van der Waals surface area contributed by atoms with Gasteiger partial charge >= 0.3 is 0 Å². The number of aliphatic hydroxyl groups is 1. The molecule has 78 valence electrons. The Morgan fingerprint density at radius 3 is 2.08 bits per heavy atom. The van der Waals surface area contributed by atoms with E-state index in [4.69, 9.17) is 0 Å².